The van der Waals surface area contributed by atoms with Crippen molar-refractivity contribution in [2.45, 2.75) is 27.2 Å². The van der Waals surface area contributed by atoms with Gasteiger partial charge < -0.3 is 15.8 Å². The Morgan fingerprint density at radius 3 is 2.61 bits per heavy atom. The van der Waals surface area contributed by atoms with Crippen LogP contribution in [0.3, 0.4) is 0 Å². The molecule has 0 fully saturated rings. The molecule has 0 amide bonds. The van der Waals surface area contributed by atoms with Gasteiger partial charge in [-0.15, -0.1) is 0 Å². The molecule has 0 aliphatic rings. The molecule has 0 saturated carbocycles. The van der Waals surface area contributed by atoms with E-state index in [-0.39, 0.29) is 5.84 Å². The number of nitrogens with two attached hydrogens (primary N) is 1. The second-order valence-corrected chi connectivity index (χ2v) is 4.55. The zero-order valence-electron chi connectivity index (χ0n) is 11.4. The number of rotatable bonds is 6. The van der Waals surface area contributed by atoms with Gasteiger partial charge in [-0.2, -0.15) is 0 Å². The van der Waals surface area contributed by atoms with Crippen molar-refractivity contribution in [2.24, 2.45) is 16.8 Å². The van der Waals surface area contributed by atoms with Gasteiger partial charge in [-0.1, -0.05) is 37.6 Å². The number of oxime groups is 1. The van der Waals surface area contributed by atoms with Crippen LogP contribution < -0.4 is 10.6 Å². The highest BCUT2D eigenvalue weighted by atomic mass is 16.4. The van der Waals surface area contributed by atoms with E-state index in [0.717, 1.165) is 30.8 Å². The van der Waals surface area contributed by atoms with E-state index in [1.807, 2.05) is 24.3 Å². The van der Waals surface area contributed by atoms with E-state index >= 15 is 0 Å². The van der Waals surface area contributed by atoms with Crippen molar-refractivity contribution in [3.63, 3.8) is 0 Å². The fourth-order valence-electron chi connectivity index (χ4n) is 1.92. The van der Waals surface area contributed by atoms with Gasteiger partial charge in [-0.3, -0.25) is 0 Å². The molecule has 0 saturated heterocycles. The van der Waals surface area contributed by atoms with Gasteiger partial charge in [0.05, 0.1) is 0 Å². The summed E-state index contributed by atoms with van der Waals surface area (Å²) in [7, 11) is 0. The molecular formula is C14H23N3O. The predicted molar refractivity (Wildman–Crippen MR) is 76.3 cm³/mol. The monoisotopic (exact) mass is 249 g/mol. The number of hydrogen-bond donors (Lipinski definition) is 2. The second kappa shape index (κ2) is 6.89. The van der Waals surface area contributed by atoms with Crippen LogP contribution in [0, 0.1) is 5.92 Å². The summed E-state index contributed by atoms with van der Waals surface area (Å²) in [5.41, 5.74) is 7.53. The summed E-state index contributed by atoms with van der Waals surface area (Å²) in [5, 5.41) is 11.9. The van der Waals surface area contributed by atoms with Crippen LogP contribution in [0.15, 0.2) is 29.4 Å². The first kappa shape index (κ1) is 14.4. The van der Waals surface area contributed by atoms with Gasteiger partial charge in [0, 0.05) is 24.3 Å². The standard InChI is InChI=1S/C14H23N3O/c1-4-11(3)10-17(5-2)13-9-7-6-8-12(13)14(15)16-18/h6-9,11,18H,4-5,10H2,1-3H3,(H2,15,16). The molecule has 4 nitrogen and oxygen atoms in total. The van der Waals surface area contributed by atoms with Crippen molar-refractivity contribution in [3.8, 4) is 0 Å². The Kier molecular flexibility index (Phi) is 5.49. The molecule has 0 heterocycles. The largest absolute Gasteiger partial charge is 0.409 e. The molecule has 18 heavy (non-hydrogen) atoms. The number of anilines is 1. The van der Waals surface area contributed by atoms with Crippen LogP contribution in [0.4, 0.5) is 5.69 Å². The molecule has 0 aliphatic heterocycles. The lowest BCUT2D eigenvalue weighted by Crippen LogP contribution is -2.30. The summed E-state index contributed by atoms with van der Waals surface area (Å²) in [6.45, 7) is 8.41. The molecular weight excluding hydrogens is 226 g/mol. The van der Waals surface area contributed by atoms with Crippen molar-refractivity contribution >= 4 is 11.5 Å². The first-order valence-corrected chi connectivity index (χ1v) is 6.45. The third-order valence-corrected chi connectivity index (χ3v) is 3.24. The summed E-state index contributed by atoms with van der Waals surface area (Å²) in [6, 6.07) is 7.76. The quantitative estimate of drug-likeness (QED) is 0.352. The average molecular weight is 249 g/mol. The molecule has 100 valence electrons. The maximum absolute atomic E-state index is 8.84. The van der Waals surface area contributed by atoms with Crippen molar-refractivity contribution in [2.75, 3.05) is 18.0 Å². The number of nitrogens with zero attached hydrogens (tertiary/aromatic N) is 2. The van der Waals surface area contributed by atoms with Crippen LogP contribution in [0.1, 0.15) is 32.8 Å². The van der Waals surface area contributed by atoms with Crippen molar-refractivity contribution in [1.29, 1.82) is 0 Å². The Labute approximate surface area is 109 Å². The zero-order valence-corrected chi connectivity index (χ0v) is 11.4. The third kappa shape index (κ3) is 3.39. The van der Waals surface area contributed by atoms with Crippen LogP contribution in [0.25, 0.3) is 0 Å². The van der Waals surface area contributed by atoms with E-state index in [4.69, 9.17) is 10.9 Å². The van der Waals surface area contributed by atoms with Crippen molar-refractivity contribution < 1.29 is 5.21 Å². The molecule has 0 spiro atoms. The molecule has 1 rings (SSSR count). The molecule has 1 unspecified atom stereocenters. The number of benzene rings is 1. The fraction of sp³-hybridized carbons (Fsp3) is 0.500. The molecule has 4 heteroatoms. The normalized spacial score (nSPS) is 13.4. The predicted octanol–water partition coefficient (Wildman–Crippen LogP) is 2.65. The number of amidine groups is 1. The SMILES string of the molecule is CCC(C)CN(CC)c1ccccc1C(N)=NO. The minimum Gasteiger partial charge on any atom is -0.409 e. The first-order valence-electron chi connectivity index (χ1n) is 6.45. The highest BCUT2D eigenvalue weighted by Gasteiger charge is 2.14. The van der Waals surface area contributed by atoms with Crippen molar-refractivity contribution in [3.05, 3.63) is 29.8 Å². The Morgan fingerprint density at radius 1 is 1.39 bits per heavy atom. The van der Waals surface area contributed by atoms with E-state index in [1.54, 1.807) is 0 Å². The van der Waals surface area contributed by atoms with E-state index in [1.165, 1.54) is 0 Å². The number of para-hydroxylation sites is 1. The molecule has 1 aromatic rings. The van der Waals surface area contributed by atoms with Gasteiger partial charge in [-0.25, -0.2) is 0 Å². The number of hydrogen-bond acceptors (Lipinski definition) is 3. The van der Waals surface area contributed by atoms with E-state index in [0.29, 0.717) is 5.92 Å². The van der Waals surface area contributed by atoms with Gasteiger partial charge in [0.25, 0.3) is 0 Å². The minimum atomic E-state index is 0.160. The summed E-state index contributed by atoms with van der Waals surface area (Å²) >= 11 is 0. The average Bonchev–Trinajstić information content (AvgIpc) is 2.43. The first-order chi connectivity index (χ1) is 8.63. The van der Waals surface area contributed by atoms with Crippen molar-refractivity contribution in [1.82, 2.24) is 0 Å². The van der Waals surface area contributed by atoms with Gasteiger partial charge in [0.15, 0.2) is 5.84 Å². The molecule has 3 N–H and O–H groups in total. The van der Waals surface area contributed by atoms with E-state index in [2.05, 4.69) is 30.8 Å². The van der Waals surface area contributed by atoms with Crippen LogP contribution in [-0.2, 0) is 0 Å². The highest BCUT2D eigenvalue weighted by molar-refractivity contribution is 6.02. The van der Waals surface area contributed by atoms with Crippen LogP contribution >= 0.6 is 0 Å². The summed E-state index contributed by atoms with van der Waals surface area (Å²) in [6.07, 6.45) is 1.14. The fourth-order valence-corrected chi connectivity index (χ4v) is 1.92. The molecule has 0 aliphatic carbocycles. The van der Waals surface area contributed by atoms with E-state index in [9.17, 15) is 0 Å². The Bertz CT molecular complexity index is 404. The van der Waals surface area contributed by atoms with Gasteiger partial charge in [0.2, 0.25) is 0 Å². The minimum absolute atomic E-state index is 0.160. The van der Waals surface area contributed by atoms with Gasteiger partial charge in [0.1, 0.15) is 0 Å². The molecule has 1 atom stereocenters. The third-order valence-electron chi connectivity index (χ3n) is 3.24. The molecule has 0 radical (unpaired) electrons. The molecule has 1 aromatic carbocycles. The molecule has 0 bridgehead atoms. The summed E-state index contributed by atoms with van der Waals surface area (Å²) in [5.74, 6) is 0.776. The van der Waals surface area contributed by atoms with Crippen LogP contribution in [-0.4, -0.2) is 24.1 Å². The van der Waals surface area contributed by atoms with E-state index < -0.39 is 0 Å². The second-order valence-electron chi connectivity index (χ2n) is 4.55. The Balaban J connectivity index is 3.05. The Morgan fingerprint density at radius 2 is 2.06 bits per heavy atom. The topological polar surface area (TPSA) is 61.8 Å². The van der Waals surface area contributed by atoms with Crippen LogP contribution in [0.5, 0.6) is 0 Å². The smallest absolute Gasteiger partial charge is 0.172 e. The maximum atomic E-state index is 8.84. The van der Waals surface area contributed by atoms with Gasteiger partial charge >= 0.3 is 0 Å². The lowest BCUT2D eigenvalue weighted by atomic mass is 10.1. The maximum Gasteiger partial charge on any atom is 0.172 e. The summed E-state index contributed by atoms with van der Waals surface area (Å²) < 4.78 is 0. The van der Waals surface area contributed by atoms with Gasteiger partial charge in [-0.05, 0) is 25.0 Å². The molecule has 0 aromatic heterocycles. The zero-order chi connectivity index (χ0) is 13.5. The lowest BCUT2D eigenvalue weighted by Gasteiger charge is -2.28. The lowest BCUT2D eigenvalue weighted by molar-refractivity contribution is 0.318. The summed E-state index contributed by atoms with van der Waals surface area (Å²) in [4.78, 5) is 2.27. The Hall–Kier alpha value is -1.71. The van der Waals surface area contributed by atoms with Crippen LogP contribution in [0.2, 0.25) is 0 Å². The highest BCUT2D eigenvalue weighted by Crippen LogP contribution is 2.21.